The van der Waals surface area contributed by atoms with E-state index in [1.165, 1.54) is 15.8 Å². The molecule has 2 N–H and O–H groups in total. The van der Waals surface area contributed by atoms with Crippen LogP contribution in [0.2, 0.25) is 0 Å². The van der Waals surface area contributed by atoms with Crippen molar-refractivity contribution in [3.63, 3.8) is 0 Å². The maximum Gasteiger partial charge on any atom is 0.271 e. The highest BCUT2D eigenvalue weighted by atomic mass is 16.1. The predicted octanol–water partition coefficient (Wildman–Crippen LogP) is 2.57. The Morgan fingerprint density at radius 1 is 1.14 bits per heavy atom. The second-order valence-corrected chi connectivity index (χ2v) is 5.93. The van der Waals surface area contributed by atoms with Crippen LogP contribution in [0.4, 0.5) is 0 Å². The largest absolute Gasteiger partial charge is 0.320 e. The number of nitrogens with two attached hydrogens (primary N) is 1. The van der Waals surface area contributed by atoms with Crippen LogP contribution in [0.1, 0.15) is 53.8 Å². The Morgan fingerprint density at radius 3 is 2.38 bits per heavy atom. The van der Waals surface area contributed by atoms with E-state index in [9.17, 15) is 4.79 Å². The molecule has 1 aromatic heterocycles. The van der Waals surface area contributed by atoms with E-state index in [4.69, 9.17) is 5.73 Å². The van der Waals surface area contributed by atoms with Gasteiger partial charge in [-0.15, -0.1) is 0 Å². The molecule has 2 rings (SSSR count). The Hall–Kier alpha value is -1.94. The van der Waals surface area contributed by atoms with E-state index in [1.807, 2.05) is 18.2 Å². The molecule has 2 aromatic rings. The first-order valence-electron chi connectivity index (χ1n) is 7.22. The van der Waals surface area contributed by atoms with Gasteiger partial charge in [0, 0.05) is 12.6 Å². The summed E-state index contributed by atoms with van der Waals surface area (Å²) in [6.07, 6.45) is 0. The third kappa shape index (κ3) is 3.05. The van der Waals surface area contributed by atoms with Gasteiger partial charge in [0.15, 0.2) is 0 Å². The van der Waals surface area contributed by atoms with Crippen LogP contribution in [0.5, 0.6) is 0 Å². The van der Waals surface area contributed by atoms with Gasteiger partial charge in [-0.05, 0) is 42.5 Å². The zero-order valence-corrected chi connectivity index (χ0v) is 13.3. The van der Waals surface area contributed by atoms with Gasteiger partial charge in [-0.25, -0.2) is 4.68 Å². The summed E-state index contributed by atoms with van der Waals surface area (Å²) in [4.78, 5) is 12.3. The third-order valence-corrected chi connectivity index (χ3v) is 3.93. The lowest BCUT2D eigenvalue weighted by Gasteiger charge is -2.16. The van der Waals surface area contributed by atoms with Crippen molar-refractivity contribution in [3.05, 3.63) is 62.6 Å². The number of benzene rings is 1. The predicted molar refractivity (Wildman–Crippen MR) is 85.5 cm³/mol. The number of hydrogen-bond donors (Lipinski definition) is 1. The molecule has 1 unspecified atom stereocenters. The van der Waals surface area contributed by atoms with Crippen molar-refractivity contribution in [1.29, 1.82) is 0 Å². The topological polar surface area (TPSA) is 60.9 Å². The quantitative estimate of drug-likeness (QED) is 0.942. The molecule has 1 heterocycles. The summed E-state index contributed by atoms with van der Waals surface area (Å²) in [5.74, 6) is 0.252. The molecule has 0 amide bonds. The second-order valence-electron chi connectivity index (χ2n) is 5.93. The van der Waals surface area contributed by atoms with Gasteiger partial charge in [0.2, 0.25) is 0 Å². The van der Waals surface area contributed by atoms with Gasteiger partial charge < -0.3 is 5.73 Å². The normalized spacial score (nSPS) is 12.7. The Labute approximate surface area is 125 Å². The molecule has 0 aliphatic heterocycles. The average molecular weight is 285 g/mol. The van der Waals surface area contributed by atoms with Crippen molar-refractivity contribution < 1.29 is 0 Å². The lowest BCUT2D eigenvalue weighted by atomic mass is 9.96. The van der Waals surface area contributed by atoms with Gasteiger partial charge in [0.25, 0.3) is 5.56 Å². The van der Waals surface area contributed by atoms with Gasteiger partial charge in [0.05, 0.1) is 11.7 Å². The highest BCUT2D eigenvalue weighted by molar-refractivity contribution is 5.36. The first-order chi connectivity index (χ1) is 9.81. The Balaban J connectivity index is 2.54. The Morgan fingerprint density at radius 2 is 1.81 bits per heavy atom. The van der Waals surface area contributed by atoms with E-state index in [1.54, 1.807) is 7.05 Å². The number of rotatable bonds is 3. The monoisotopic (exact) mass is 285 g/mol. The number of aryl methyl sites for hydroxylation is 3. The molecule has 21 heavy (non-hydrogen) atoms. The Bertz CT molecular complexity index is 716. The van der Waals surface area contributed by atoms with Gasteiger partial charge in [0.1, 0.15) is 0 Å². The summed E-state index contributed by atoms with van der Waals surface area (Å²) < 4.78 is 1.38. The third-order valence-electron chi connectivity index (χ3n) is 3.93. The molecule has 0 saturated carbocycles. The fraction of sp³-hybridized carbons (Fsp3) is 0.412. The number of nitrogens with zero attached hydrogens (tertiary/aromatic N) is 2. The van der Waals surface area contributed by atoms with Crippen molar-refractivity contribution in [1.82, 2.24) is 9.78 Å². The fourth-order valence-corrected chi connectivity index (χ4v) is 2.30. The van der Waals surface area contributed by atoms with Crippen molar-refractivity contribution >= 4 is 0 Å². The van der Waals surface area contributed by atoms with Crippen LogP contribution in [-0.4, -0.2) is 9.78 Å². The molecule has 1 atom stereocenters. The van der Waals surface area contributed by atoms with E-state index in [0.29, 0.717) is 5.56 Å². The van der Waals surface area contributed by atoms with E-state index >= 15 is 0 Å². The minimum Gasteiger partial charge on any atom is -0.320 e. The number of aromatic nitrogens is 2. The molecule has 4 heteroatoms. The minimum absolute atomic E-state index is 0.134. The molecule has 0 fully saturated rings. The molecule has 112 valence electrons. The first kappa shape index (κ1) is 15.4. The van der Waals surface area contributed by atoms with Gasteiger partial charge in [-0.1, -0.05) is 32.0 Å². The standard InChI is InChI=1S/C17H23N3O/c1-10(2)15-9-14(17(21)20(5)19-15)16(18)13-7-6-11(3)12(4)8-13/h6-10,16H,18H2,1-5H3. The molecular weight excluding hydrogens is 262 g/mol. The second kappa shape index (κ2) is 5.82. The minimum atomic E-state index is -0.427. The van der Waals surface area contributed by atoms with Gasteiger partial charge >= 0.3 is 0 Å². The molecule has 1 aromatic carbocycles. The van der Waals surface area contributed by atoms with Crippen LogP contribution in [0, 0.1) is 13.8 Å². The summed E-state index contributed by atoms with van der Waals surface area (Å²) in [5, 5.41) is 4.29. The summed E-state index contributed by atoms with van der Waals surface area (Å²) in [7, 11) is 1.67. The molecule has 4 nitrogen and oxygen atoms in total. The van der Waals surface area contributed by atoms with Crippen molar-refractivity contribution in [2.45, 2.75) is 39.7 Å². The van der Waals surface area contributed by atoms with Crippen LogP contribution < -0.4 is 11.3 Å². The van der Waals surface area contributed by atoms with E-state index in [0.717, 1.165) is 11.3 Å². The first-order valence-corrected chi connectivity index (χ1v) is 7.22. The van der Waals surface area contributed by atoms with Crippen LogP contribution in [0.3, 0.4) is 0 Å². The van der Waals surface area contributed by atoms with E-state index < -0.39 is 6.04 Å². The molecule has 0 spiro atoms. The highest BCUT2D eigenvalue weighted by Crippen LogP contribution is 2.21. The van der Waals surface area contributed by atoms with Crippen molar-refractivity contribution in [2.75, 3.05) is 0 Å². The van der Waals surface area contributed by atoms with Gasteiger partial charge in [-0.3, -0.25) is 4.79 Å². The zero-order chi connectivity index (χ0) is 15.7. The summed E-state index contributed by atoms with van der Waals surface area (Å²) in [5.41, 5.74) is 11.0. The lowest BCUT2D eigenvalue weighted by Crippen LogP contribution is -2.30. The molecule has 0 radical (unpaired) electrons. The van der Waals surface area contributed by atoms with Crippen molar-refractivity contribution in [3.8, 4) is 0 Å². The fourth-order valence-electron chi connectivity index (χ4n) is 2.30. The maximum atomic E-state index is 12.3. The molecule has 0 bridgehead atoms. The molecular formula is C17H23N3O. The molecule has 0 saturated heterocycles. The van der Waals surface area contributed by atoms with E-state index in [2.05, 4.69) is 38.9 Å². The summed E-state index contributed by atoms with van der Waals surface area (Å²) in [6, 6.07) is 7.49. The van der Waals surface area contributed by atoms with Crippen LogP contribution in [0.25, 0.3) is 0 Å². The van der Waals surface area contributed by atoms with E-state index in [-0.39, 0.29) is 11.5 Å². The van der Waals surface area contributed by atoms with Crippen LogP contribution in [-0.2, 0) is 7.05 Å². The van der Waals surface area contributed by atoms with Crippen LogP contribution in [0.15, 0.2) is 29.1 Å². The van der Waals surface area contributed by atoms with Crippen molar-refractivity contribution in [2.24, 2.45) is 12.8 Å². The average Bonchev–Trinajstić information content (AvgIpc) is 2.43. The summed E-state index contributed by atoms with van der Waals surface area (Å²) in [6.45, 7) is 8.22. The van der Waals surface area contributed by atoms with Gasteiger partial charge in [-0.2, -0.15) is 5.10 Å². The number of hydrogen-bond acceptors (Lipinski definition) is 3. The molecule has 0 aliphatic rings. The highest BCUT2D eigenvalue weighted by Gasteiger charge is 2.17. The lowest BCUT2D eigenvalue weighted by molar-refractivity contribution is 0.633. The maximum absolute atomic E-state index is 12.3. The zero-order valence-electron chi connectivity index (χ0n) is 13.3. The smallest absolute Gasteiger partial charge is 0.271 e. The SMILES string of the molecule is Cc1ccc(C(N)c2cc(C(C)C)nn(C)c2=O)cc1C. The summed E-state index contributed by atoms with van der Waals surface area (Å²) >= 11 is 0. The van der Waals surface area contributed by atoms with Crippen LogP contribution >= 0.6 is 0 Å². The molecule has 0 aliphatic carbocycles. The Kier molecular flexibility index (Phi) is 4.28.